The summed E-state index contributed by atoms with van der Waals surface area (Å²) >= 11 is 0. The molecule has 0 radical (unpaired) electrons. The monoisotopic (exact) mass is 851 g/mol. The summed E-state index contributed by atoms with van der Waals surface area (Å²) in [6, 6.07) is 99.5. The standard InChI is InChI=1S/C66H45N/c1-6-20-47(21-7-1)60-44-62(49-24-10-3-11-25-49)63(45-61(60)48-22-8-2-9-23-48)52-37-41-66(64(43-52)50-26-12-4-13-27-50)67(53-28-14-5-15-29-53)54-38-34-46(35-39-54)51-36-40-59-57-32-17-16-30-55(57)56-31-18-19-33-58(56)65(59)42-51/h1-45H. The van der Waals surface area contributed by atoms with Crippen molar-refractivity contribution in [1.29, 1.82) is 0 Å². The van der Waals surface area contributed by atoms with Crippen LogP contribution in [0.5, 0.6) is 0 Å². The number of hydrogen-bond acceptors (Lipinski definition) is 1. The highest BCUT2D eigenvalue weighted by molar-refractivity contribution is 6.25. The van der Waals surface area contributed by atoms with E-state index in [9.17, 15) is 0 Å². The lowest BCUT2D eigenvalue weighted by molar-refractivity contribution is 1.28. The molecule has 0 atom stereocenters. The minimum atomic E-state index is 1.08. The van der Waals surface area contributed by atoms with Crippen LogP contribution in [0.4, 0.5) is 17.1 Å². The minimum absolute atomic E-state index is 1.08. The third-order valence-corrected chi connectivity index (χ3v) is 13.3. The van der Waals surface area contributed by atoms with E-state index in [1.165, 1.54) is 82.4 Å². The van der Waals surface area contributed by atoms with Gasteiger partial charge in [-0.1, -0.05) is 218 Å². The van der Waals surface area contributed by atoms with Crippen molar-refractivity contribution in [2.45, 2.75) is 0 Å². The molecule has 12 rings (SSSR count). The molecule has 1 nitrogen and oxygen atoms in total. The van der Waals surface area contributed by atoms with Gasteiger partial charge in [0.15, 0.2) is 0 Å². The summed E-state index contributed by atoms with van der Waals surface area (Å²) < 4.78 is 0. The van der Waals surface area contributed by atoms with Crippen LogP contribution in [0, 0.1) is 0 Å². The summed E-state index contributed by atoms with van der Waals surface area (Å²) in [6.07, 6.45) is 0. The molecule has 67 heavy (non-hydrogen) atoms. The van der Waals surface area contributed by atoms with Crippen molar-refractivity contribution in [3.8, 4) is 66.8 Å². The molecule has 0 fully saturated rings. The summed E-state index contributed by atoms with van der Waals surface area (Å²) in [4.78, 5) is 2.40. The van der Waals surface area contributed by atoms with Crippen LogP contribution in [0.15, 0.2) is 273 Å². The molecular weight excluding hydrogens is 807 g/mol. The number of nitrogens with zero attached hydrogens (tertiary/aromatic N) is 1. The fourth-order valence-electron chi connectivity index (χ4n) is 10.1. The number of anilines is 3. The van der Waals surface area contributed by atoms with Gasteiger partial charge in [0.2, 0.25) is 0 Å². The Hall–Kier alpha value is -8.78. The van der Waals surface area contributed by atoms with Crippen LogP contribution >= 0.6 is 0 Å². The fraction of sp³-hybridized carbons (Fsp3) is 0. The average molecular weight is 852 g/mol. The van der Waals surface area contributed by atoms with Crippen molar-refractivity contribution in [3.05, 3.63) is 273 Å². The van der Waals surface area contributed by atoms with Gasteiger partial charge in [0.05, 0.1) is 5.69 Å². The second-order valence-electron chi connectivity index (χ2n) is 17.2. The van der Waals surface area contributed by atoms with E-state index in [-0.39, 0.29) is 0 Å². The lowest BCUT2D eigenvalue weighted by Crippen LogP contribution is -2.11. The van der Waals surface area contributed by atoms with Crippen molar-refractivity contribution in [3.63, 3.8) is 0 Å². The number of benzene rings is 12. The Morgan fingerprint density at radius 2 is 0.522 bits per heavy atom. The minimum Gasteiger partial charge on any atom is -0.310 e. The maximum atomic E-state index is 2.41. The van der Waals surface area contributed by atoms with Crippen LogP contribution < -0.4 is 4.90 Å². The lowest BCUT2D eigenvalue weighted by atomic mass is 9.85. The van der Waals surface area contributed by atoms with Gasteiger partial charge >= 0.3 is 0 Å². The largest absolute Gasteiger partial charge is 0.310 e. The highest BCUT2D eigenvalue weighted by atomic mass is 15.1. The zero-order valence-electron chi connectivity index (χ0n) is 36.9. The summed E-state index contributed by atoms with van der Waals surface area (Å²) in [5.41, 5.74) is 17.4. The summed E-state index contributed by atoms with van der Waals surface area (Å²) in [7, 11) is 0. The number of hydrogen-bond donors (Lipinski definition) is 0. The lowest BCUT2D eigenvalue weighted by Gasteiger charge is -2.29. The molecule has 0 spiro atoms. The zero-order valence-corrected chi connectivity index (χ0v) is 36.9. The fourth-order valence-corrected chi connectivity index (χ4v) is 10.1. The van der Waals surface area contributed by atoms with Crippen molar-refractivity contribution < 1.29 is 0 Å². The molecule has 314 valence electrons. The van der Waals surface area contributed by atoms with Gasteiger partial charge in [0.25, 0.3) is 0 Å². The number of fused-ring (bicyclic) bond motifs is 6. The maximum absolute atomic E-state index is 2.41. The molecule has 1 heteroatoms. The SMILES string of the molecule is c1ccc(-c2cc(-c3ccccc3)c(-c3ccc(N(c4ccccc4)c4ccc(-c5ccc6c7ccccc7c7ccccc7c6c5)cc4)c(-c4ccccc4)c3)cc2-c2ccccc2)cc1. The molecule has 0 saturated heterocycles. The van der Waals surface area contributed by atoms with Crippen LogP contribution in [-0.4, -0.2) is 0 Å². The van der Waals surface area contributed by atoms with Crippen LogP contribution in [0.2, 0.25) is 0 Å². The van der Waals surface area contributed by atoms with Gasteiger partial charge in [-0.3, -0.25) is 0 Å². The molecule has 0 N–H and O–H groups in total. The molecule has 0 aliphatic carbocycles. The van der Waals surface area contributed by atoms with E-state index in [2.05, 4.69) is 278 Å². The van der Waals surface area contributed by atoms with Gasteiger partial charge in [0, 0.05) is 16.9 Å². The molecule has 12 aromatic rings. The number of rotatable bonds is 9. The third-order valence-electron chi connectivity index (χ3n) is 13.3. The van der Waals surface area contributed by atoms with Gasteiger partial charge in [-0.2, -0.15) is 0 Å². The summed E-state index contributed by atoms with van der Waals surface area (Å²) in [5, 5.41) is 7.70. The average Bonchev–Trinajstić information content (AvgIpc) is 3.42. The van der Waals surface area contributed by atoms with Crippen molar-refractivity contribution >= 4 is 49.4 Å². The summed E-state index contributed by atoms with van der Waals surface area (Å²) in [6.45, 7) is 0. The first-order valence-corrected chi connectivity index (χ1v) is 23.1. The van der Waals surface area contributed by atoms with Crippen LogP contribution in [-0.2, 0) is 0 Å². The first kappa shape index (κ1) is 39.8. The Morgan fingerprint density at radius 3 is 1.00 bits per heavy atom. The Morgan fingerprint density at radius 1 is 0.179 bits per heavy atom. The van der Waals surface area contributed by atoms with Crippen molar-refractivity contribution in [1.82, 2.24) is 0 Å². The molecule has 0 bridgehead atoms. The zero-order chi connectivity index (χ0) is 44.5. The van der Waals surface area contributed by atoms with E-state index in [1.54, 1.807) is 0 Å². The van der Waals surface area contributed by atoms with E-state index < -0.39 is 0 Å². The van der Waals surface area contributed by atoms with Crippen molar-refractivity contribution in [2.24, 2.45) is 0 Å². The maximum Gasteiger partial charge on any atom is 0.0540 e. The first-order valence-electron chi connectivity index (χ1n) is 23.1. The summed E-state index contributed by atoms with van der Waals surface area (Å²) in [5.74, 6) is 0. The van der Waals surface area contributed by atoms with Crippen LogP contribution in [0.25, 0.3) is 99.1 Å². The van der Waals surface area contributed by atoms with Crippen LogP contribution in [0.3, 0.4) is 0 Å². The Bertz CT molecular complexity index is 3660. The normalized spacial score (nSPS) is 11.3. The molecule has 0 aromatic heterocycles. The second kappa shape index (κ2) is 17.3. The first-order chi connectivity index (χ1) is 33.2. The Kier molecular flexibility index (Phi) is 10.3. The predicted octanol–water partition coefficient (Wildman–Crippen LogP) is 18.6. The second-order valence-corrected chi connectivity index (χ2v) is 17.2. The van der Waals surface area contributed by atoms with Gasteiger partial charge < -0.3 is 4.90 Å². The van der Waals surface area contributed by atoms with E-state index in [4.69, 9.17) is 0 Å². The topological polar surface area (TPSA) is 3.24 Å². The molecule has 0 unspecified atom stereocenters. The Balaban J connectivity index is 1.02. The van der Waals surface area contributed by atoms with Gasteiger partial charge in [-0.15, -0.1) is 0 Å². The highest BCUT2D eigenvalue weighted by Crippen LogP contribution is 2.47. The molecule has 0 amide bonds. The highest BCUT2D eigenvalue weighted by Gasteiger charge is 2.21. The Labute approximate surface area is 392 Å². The smallest absolute Gasteiger partial charge is 0.0540 e. The molecule has 0 saturated carbocycles. The van der Waals surface area contributed by atoms with E-state index in [1.807, 2.05) is 0 Å². The van der Waals surface area contributed by atoms with Gasteiger partial charge in [-0.25, -0.2) is 0 Å². The van der Waals surface area contributed by atoms with E-state index >= 15 is 0 Å². The molecule has 0 aliphatic rings. The molecule has 12 aromatic carbocycles. The van der Waals surface area contributed by atoms with Gasteiger partial charge in [-0.05, 0) is 148 Å². The van der Waals surface area contributed by atoms with Crippen molar-refractivity contribution in [2.75, 3.05) is 4.90 Å². The predicted molar refractivity (Wildman–Crippen MR) is 286 cm³/mol. The molecule has 0 heterocycles. The number of para-hydroxylation sites is 1. The van der Waals surface area contributed by atoms with Crippen LogP contribution in [0.1, 0.15) is 0 Å². The molecule has 0 aliphatic heterocycles. The quantitative estimate of drug-likeness (QED) is 0.131. The molecular formula is C66H45N. The van der Waals surface area contributed by atoms with E-state index in [0.29, 0.717) is 0 Å². The van der Waals surface area contributed by atoms with E-state index in [0.717, 1.165) is 33.8 Å². The van der Waals surface area contributed by atoms with Gasteiger partial charge in [0.1, 0.15) is 0 Å². The third kappa shape index (κ3) is 7.43.